The van der Waals surface area contributed by atoms with Crippen LogP contribution in [0.1, 0.15) is 44.6 Å². The van der Waals surface area contributed by atoms with E-state index in [2.05, 4.69) is 43.0 Å². The summed E-state index contributed by atoms with van der Waals surface area (Å²) in [6.07, 6.45) is 5.68. The van der Waals surface area contributed by atoms with E-state index in [1.165, 1.54) is 36.6 Å². The minimum atomic E-state index is 0.0963. The van der Waals surface area contributed by atoms with Crippen molar-refractivity contribution < 1.29 is 9.53 Å². The van der Waals surface area contributed by atoms with Gasteiger partial charge in [0.15, 0.2) is 5.17 Å². The lowest BCUT2D eigenvalue weighted by Crippen LogP contribution is -2.40. The Morgan fingerprint density at radius 2 is 1.91 bits per heavy atom. The highest BCUT2D eigenvalue weighted by atomic mass is 32.2. The standard InChI is InChI=1S/C26H29N3O2S2/c1-4-28-21-16-20(31-3)13-14-22(21)32-25(28)23-24(30)29(19-11-6-5-7-12-19)26(33-23)27-18-10-8-9-17(2)15-18/h8-10,13-16,19H,4-7,11-12H2,1-3H3. The van der Waals surface area contributed by atoms with Gasteiger partial charge in [-0.25, -0.2) is 4.99 Å². The average Bonchev–Trinajstić information content (AvgIpc) is 3.35. The van der Waals surface area contributed by atoms with Crippen molar-refractivity contribution in [2.24, 2.45) is 4.99 Å². The summed E-state index contributed by atoms with van der Waals surface area (Å²) in [6, 6.07) is 14.5. The first kappa shape index (κ1) is 22.4. The van der Waals surface area contributed by atoms with Gasteiger partial charge in [-0.3, -0.25) is 9.69 Å². The molecular formula is C26H29N3O2S2. The molecule has 2 aliphatic heterocycles. The van der Waals surface area contributed by atoms with Crippen molar-refractivity contribution in [3.8, 4) is 5.75 Å². The quantitative estimate of drug-likeness (QED) is 0.457. The molecule has 0 N–H and O–H groups in total. The van der Waals surface area contributed by atoms with Crippen molar-refractivity contribution >= 4 is 46.0 Å². The average molecular weight is 480 g/mol. The number of aliphatic imine (C=N–C) groups is 1. The summed E-state index contributed by atoms with van der Waals surface area (Å²) >= 11 is 3.21. The number of benzene rings is 2. The van der Waals surface area contributed by atoms with E-state index < -0.39 is 0 Å². The van der Waals surface area contributed by atoms with Gasteiger partial charge in [-0.15, -0.1) is 0 Å². The summed E-state index contributed by atoms with van der Waals surface area (Å²) in [4.78, 5) is 25.0. The van der Waals surface area contributed by atoms with Gasteiger partial charge in [0.2, 0.25) is 0 Å². The Labute approximate surface area is 204 Å². The van der Waals surface area contributed by atoms with Crippen molar-refractivity contribution in [2.75, 3.05) is 18.6 Å². The summed E-state index contributed by atoms with van der Waals surface area (Å²) in [5.41, 5.74) is 3.17. The molecule has 0 spiro atoms. The lowest BCUT2D eigenvalue weighted by Gasteiger charge is -2.30. The molecule has 3 aliphatic rings. The van der Waals surface area contributed by atoms with Crippen molar-refractivity contribution in [1.29, 1.82) is 0 Å². The molecule has 0 aromatic heterocycles. The van der Waals surface area contributed by atoms with E-state index in [1.54, 1.807) is 18.9 Å². The highest BCUT2D eigenvalue weighted by molar-refractivity contribution is 8.19. The molecule has 1 amide bonds. The largest absolute Gasteiger partial charge is 0.497 e. The lowest BCUT2D eigenvalue weighted by molar-refractivity contribution is -0.124. The number of ether oxygens (including phenoxy) is 1. The number of fused-ring (bicyclic) bond motifs is 1. The first-order valence-corrected chi connectivity index (χ1v) is 13.3. The number of methoxy groups -OCH3 is 1. The molecule has 0 atom stereocenters. The van der Waals surface area contributed by atoms with Gasteiger partial charge in [0.05, 0.1) is 18.5 Å². The van der Waals surface area contributed by atoms with Gasteiger partial charge >= 0.3 is 0 Å². The van der Waals surface area contributed by atoms with Crippen LogP contribution in [-0.2, 0) is 4.79 Å². The molecule has 172 valence electrons. The van der Waals surface area contributed by atoms with E-state index in [0.717, 1.165) is 56.5 Å². The Kier molecular flexibility index (Phi) is 6.43. The second-order valence-corrected chi connectivity index (χ2v) is 10.6. The third-order valence-electron chi connectivity index (χ3n) is 6.40. The van der Waals surface area contributed by atoms with Gasteiger partial charge in [0.1, 0.15) is 15.7 Å². The fourth-order valence-electron chi connectivity index (χ4n) is 4.73. The molecule has 0 unspecified atom stereocenters. The van der Waals surface area contributed by atoms with Crippen LogP contribution in [0.4, 0.5) is 11.4 Å². The van der Waals surface area contributed by atoms with Crippen LogP contribution in [0, 0.1) is 6.92 Å². The molecule has 2 fully saturated rings. The fraction of sp³-hybridized carbons (Fsp3) is 0.385. The van der Waals surface area contributed by atoms with Crippen molar-refractivity contribution in [3.63, 3.8) is 0 Å². The maximum Gasteiger partial charge on any atom is 0.269 e. The zero-order chi connectivity index (χ0) is 22.9. The van der Waals surface area contributed by atoms with E-state index >= 15 is 0 Å². The molecule has 5 nitrogen and oxygen atoms in total. The highest BCUT2D eigenvalue weighted by Crippen LogP contribution is 2.52. The highest BCUT2D eigenvalue weighted by Gasteiger charge is 2.43. The number of hydrogen-bond acceptors (Lipinski definition) is 6. The molecule has 5 rings (SSSR count). The molecule has 1 saturated heterocycles. The second kappa shape index (κ2) is 9.47. The number of carbonyl (C=O) groups excluding carboxylic acids is 1. The molecule has 2 heterocycles. The number of carbonyl (C=O) groups is 1. The number of hydrogen-bond donors (Lipinski definition) is 0. The molecule has 0 radical (unpaired) electrons. The summed E-state index contributed by atoms with van der Waals surface area (Å²) in [5.74, 6) is 0.925. The molecule has 33 heavy (non-hydrogen) atoms. The Bertz CT molecular complexity index is 1140. The van der Waals surface area contributed by atoms with Gasteiger partial charge < -0.3 is 9.64 Å². The Morgan fingerprint density at radius 3 is 2.64 bits per heavy atom. The fourth-order valence-corrected chi connectivity index (χ4v) is 7.17. The minimum Gasteiger partial charge on any atom is -0.497 e. The maximum atomic E-state index is 13.9. The van der Waals surface area contributed by atoms with Crippen LogP contribution in [-0.4, -0.2) is 35.7 Å². The van der Waals surface area contributed by atoms with E-state index in [4.69, 9.17) is 9.73 Å². The predicted molar refractivity (Wildman–Crippen MR) is 138 cm³/mol. The number of anilines is 1. The summed E-state index contributed by atoms with van der Waals surface area (Å²) < 4.78 is 5.45. The summed E-state index contributed by atoms with van der Waals surface area (Å²) in [7, 11) is 1.69. The van der Waals surface area contributed by atoms with Crippen LogP contribution in [0.15, 0.2) is 62.3 Å². The van der Waals surface area contributed by atoms with Crippen LogP contribution in [0.5, 0.6) is 5.75 Å². The normalized spacial score (nSPS) is 22.4. The Balaban J connectivity index is 1.57. The smallest absolute Gasteiger partial charge is 0.269 e. The zero-order valence-corrected chi connectivity index (χ0v) is 21.0. The van der Waals surface area contributed by atoms with E-state index in [0.29, 0.717) is 0 Å². The summed E-state index contributed by atoms with van der Waals surface area (Å²) in [6.45, 7) is 4.98. The van der Waals surface area contributed by atoms with Gasteiger partial charge in [0, 0.05) is 23.5 Å². The first-order valence-electron chi connectivity index (χ1n) is 11.6. The molecular weight excluding hydrogens is 450 g/mol. The van der Waals surface area contributed by atoms with Crippen molar-refractivity contribution in [1.82, 2.24) is 4.90 Å². The topological polar surface area (TPSA) is 45.1 Å². The van der Waals surface area contributed by atoms with Gasteiger partial charge in [0.25, 0.3) is 5.91 Å². The molecule has 1 saturated carbocycles. The Morgan fingerprint density at radius 1 is 1.09 bits per heavy atom. The third-order valence-corrected chi connectivity index (χ3v) is 8.75. The number of amides is 1. The molecule has 2 aromatic carbocycles. The molecule has 0 bridgehead atoms. The molecule has 1 aliphatic carbocycles. The predicted octanol–water partition coefficient (Wildman–Crippen LogP) is 6.70. The number of rotatable bonds is 4. The van der Waals surface area contributed by atoms with Crippen LogP contribution in [0.2, 0.25) is 0 Å². The van der Waals surface area contributed by atoms with Crippen LogP contribution >= 0.6 is 23.5 Å². The van der Waals surface area contributed by atoms with Crippen LogP contribution in [0.3, 0.4) is 0 Å². The van der Waals surface area contributed by atoms with Gasteiger partial charge in [-0.05, 0) is 68.3 Å². The van der Waals surface area contributed by atoms with Gasteiger partial charge in [-0.1, -0.05) is 43.2 Å². The summed E-state index contributed by atoms with van der Waals surface area (Å²) in [5, 5.41) is 1.82. The van der Waals surface area contributed by atoms with Crippen molar-refractivity contribution in [3.05, 3.63) is 58.0 Å². The van der Waals surface area contributed by atoms with Gasteiger partial charge in [-0.2, -0.15) is 0 Å². The maximum absolute atomic E-state index is 13.9. The molecule has 7 heteroatoms. The number of thioether (sulfide) groups is 2. The lowest BCUT2D eigenvalue weighted by atomic mass is 9.94. The van der Waals surface area contributed by atoms with E-state index in [-0.39, 0.29) is 11.9 Å². The monoisotopic (exact) mass is 479 g/mol. The zero-order valence-electron chi connectivity index (χ0n) is 19.3. The van der Waals surface area contributed by atoms with Crippen molar-refractivity contribution in [2.45, 2.75) is 56.9 Å². The molecule has 2 aromatic rings. The van der Waals surface area contributed by atoms with Crippen LogP contribution < -0.4 is 9.64 Å². The van der Waals surface area contributed by atoms with E-state index in [9.17, 15) is 4.79 Å². The third kappa shape index (κ3) is 4.28. The number of amidine groups is 1. The minimum absolute atomic E-state index is 0.0963. The van der Waals surface area contributed by atoms with Crippen LogP contribution in [0.25, 0.3) is 0 Å². The SMILES string of the molecule is CCN1C(=C2SC(=Nc3cccc(C)c3)N(C3CCCCC3)C2=O)Sc2ccc(OC)cc21. The first-order chi connectivity index (χ1) is 16.1. The van der Waals surface area contributed by atoms with E-state index in [1.807, 2.05) is 23.1 Å². The number of nitrogens with zero attached hydrogens (tertiary/aromatic N) is 3. The second-order valence-electron chi connectivity index (χ2n) is 8.62. The Hall–Kier alpha value is -2.38. The number of aryl methyl sites for hydroxylation is 1.